The molecule has 0 aromatic heterocycles. The monoisotopic (exact) mass is 354 g/mol. The number of alkyl halides is 3. The van der Waals surface area contributed by atoms with Crippen molar-refractivity contribution in [3.63, 3.8) is 0 Å². The SMILES string of the molecule is N=C1c2ccccc2CN1c1ccc(Br)c(C(F)(F)F)c1. The standard InChI is InChI=1S/C15H10BrF3N2/c16-13-6-5-10(7-12(13)15(17,18)19)21-8-9-3-1-2-4-11(9)14(21)20/h1-7,20H,8H2. The van der Waals surface area contributed by atoms with Crippen LogP contribution in [0.4, 0.5) is 18.9 Å². The second-order valence-corrected chi connectivity index (χ2v) is 5.61. The van der Waals surface area contributed by atoms with Crippen LogP contribution in [0.25, 0.3) is 0 Å². The van der Waals surface area contributed by atoms with Gasteiger partial charge in [-0.1, -0.05) is 40.2 Å². The molecule has 0 saturated carbocycles. The predicted octanol–water partition coefficient (Wildman–Crippen LogP) is 4.81. The third kappa shape index (κ3) is 2.44. The van der Waals surface area contributed by atoms with Gasteiger partial charge < -0.3 is 4.90 Å². The van der Waals surface area contributed by atoms with Gasteiger partial charge in [-0.15, -0.1) is 0 Å². The molecular weight excluding hydrogens is 345 g/mol. The highest BCUT2D eigenvalue weighted by Gasteiger charge is 2.34. The second kappa shape index (κ2) is 4.87. The van der Waals surface area contributed by atoms with Crippen LogP contribution < -0.4 is 4.90 Å². The molecule has 21 heavy (non-hydrogen) atoms. The van der Waals surface area contributed by atoms with Crippen LogP contribution in [0.15, 0.2) is 46.9 Å². The van der Waals surface area contributed by atoms with Gasteiger partial charge in [-0.2, -0.15) is 13.2 Å². The number of fused-ring (bicyclic) bond motifs is 1. The molecule has 0 unspecified atom stereocenters. The van der Waals surface area contributed by atoms with Gasteiger partial charge in [0.2, 0.25) is 0 Å². The van der Waals surface area contributed by atoms with Gasteiger partial charge in [0.05, 0.1) is 12.1 Å². The second-order valence-electron chi connectivity index (χ2n) is 4.75. The fraction of sp³-hybridized carbons (Fsp3) is 0.133. The fourth-order valence-corrected chi connectivity index (χ4v) is 2.87. The molecule has 0 aliphatic carbocycles. The van der Waals surface area contributed by atoms with Gasteiger partial charge >= 0.3 is 6.18 Å². The summed E-state index contributed by atoms with van der Waals surface area (Å²) in [5, 5.41) is 8.14. The maximum absolute atomic E-state index is 13.0. The van der Waals surface area contributed by atoms with Crippen molar-refractivity contribution in [2.45, 2.75) is 12.7 Å². The Labute approximate surface area is 127 Å². The zero-order valence-corrected chi connectivity index (χ0v) is 12.3. The maximum atomic E-state index is 13.0. The molecule has 2 nitrogen and oxygen atoms in total. The first kappa shape index (κ1) is 14.1. The first-order chi connectivity index (χ1) is 9.88. The molecule has 1 aliphatic rings. The lowest BCUT2D eigenvalue weighted by atomic mass is 10.1. The van der Waals surface area contributed by atoms with E-state index >= 15 is 0 Å². The van der Waals surface area contributed by atoms with E-state index in [-0.39, 0.29) is 10.3 Å². The molecule has 108 valence electrons. The van der Waals surface area contributed by atoms with Crippen LogP contribution in [-0.2, 0) is 12.7 Å². The van der Waals surface area contributed by atoms with Crippen LogP contribution >= 0.6 is 15.9 Å². The van der Waals surface area contributed by atoms with Crippen LogP contribution in [-0.4, -0.2) is 5.84 Å². The predicted molar refractivity (Wildman–Crippen MR) is 78.6 cm³/mol. The minimum Gasteiger partial charge on any atom is -0.322 e. The van der Waals surface area contributed by atoms with Crippen molar-refractivity contribution in [3.8, 4) is 0 Å². The van der Waals surface area contributed by atoms with E-state index in [9.17, 15) is 13.2 Å². The van der Waals surface area contributed by atoms with Crippen LogP contribution in [0.2, 0.25) is 0 Å². The smallest absolute Gasteiger partial charge is 0.322 e. The summed E-state index contributed by atoms with van der Waals surface area (Å²) in [6, 6.07) is 11.4. The fourth-order valence-electron chi connectivity index (χ4n) is 2.40. The van der Waals surface area contributed by atoms with Crippen LogP contribution in [0.1, 0.15) is 16.7 Å². The summed E-state index contributed by atoms with van der Waals surface area (Å²) < 4.78 is 38.9. The molecule has 0 atom stereocenters. The molecule has 0 amide bonds. The zero-order chi connectivity index (χ0) is 15.2. The highest BCUT2D eigenvalue weighted by atomic mass is 79.9. The van der Waals surface area contributed by atoms with E-state index in [0.29, 0.717) is 12.2 Å². The normalized spacial score (nSPS) is 14.5. The number of nitrogens with zero attached hydrogens (tertiary/aromatic N) is 1. The van der Waals surface area contributed by atoms with E-state index in [1.54, 1.807) is 17.0 Å². The third-order valence-electron chi connectivity index (χ3n) is 3.44. The summed E-state index contributed by atoms with van der Waals surface area (Å²) in [6.45, 7) is 0.411. The molecule has 0 fully saturated rings. The van der Waals surface area contributed by atoms with Crippen molar-refractivity contribution < 1.29 is 13.2 Å². The Bertz CT molecular complexity index is 725. The number of nitrogens with one attached hydrogen (secondary N) is 1. The topological polar surface area (TPSA) is 27.1 Å². The molecule has 0 spiro atoms. The molecule has 2 aromatic rings. The summed E-state index contributed by atoms with van der Waals surface area (Å²) in [6.07, 6.45) is -4.43. The molecule has 0 radical (unpaired) electrons. The summed E-state index contributed by atoms with van der Waals surface area (Å²) in [5.41, 5.74) is 1.34. The number of hydrogen-bond acceptors (Lipinski definition) is 1. The van der Waals surface area contributed by atoms with Crippen molar-refractivity contribution in [1.82, 2.24) is 0 Å². The Balaban J connectivity index is 2.02. The average Bonchev–Trinajstić information content (AvgIpc) is 2.76. The summed E-state index contributed by atoms with van der Waals surface area (Å²) >= 11 is 2.93. The van der Waals surface area contributed by atoms with Gasteiger partial charge in [-0.25, -0.2) is 0 Å². The minimum atomic E-state index is -4.43. The van der Waals surface area contributed by atoms with Crippen molar-refractivity contribution >= 4 is 27.5 Å². The Kier molecular flexibility index (Phi) is 3.28. The molecule has 6 heteroatoms. The summed E-state index contributed by atoms with van der Waals surface area (Å²) in [5.74, 6) is 0.223. The summed E-state index contributed by atoms with van der Waals surface area (Å²) in [4.78, 5) is 1.58. The Morgan fingerprint density at radius 3 is 2.48 bits per heavy atom. The van der Waals surface area contributed by atoms with Gasteiger partial charge in [0.1, 0.15) is 5.84 Å². The highest BCUT2D eigenvalue weighted by Crippen LogP contribution is 2.38. The first-order valence-electron chi connectivity index (χ1n) is 6.19. The molecule has 1 N–H and O–H groups in total. The molecule has 0 saturated heterocycles. The number of benzene rings is 2. The third-order valence-corrected chi connectivity index (χ3v) is 4.13. The number of rotatable bonds is 1. The van der Waals surface area contributed by atoms with Crippen LogP contribution in [0.5, 0.6) is 0 Å². The van der Waals surface area contributed by atoms with E-state index < -0.39 is 11.7 Å². The minimum absolute atomic E-state index is 0.00184. The molecule has 0 bridgehead atoms. The van der Waals surface area contributed by atoms with Crippen molar-refractivity contribution in [3.05, 3.63) is 63.6 Å². The zero-order valence-electron chi connectivity index (χ0n) is 10.7. The Morgan fingerprint density at radius 2 is 1.81 bits per heavy atom. The first-order valence-corrected chi connectivity index (χ1v) is 6.98. The summed E-state index contributed by atoms with van der Waals surface area (Å²) in [7, 11) is 0. The number of anilines is 1. The van der Waals surface area contributed by atoms with E-state index in [1.807, 2.05) is 18.2 Å². The van der Waals surface area contributed by atoms with Crippen LogP contribution in [0.3, 0.4) is 0 Å². The van der Waals surface area contributed by atoms with Crippen LogP contribution in [0, 0.1) is 5.41 Å². The van der Waals surface area contributed by atoms with Crippen molar-refractivity contribution in [1.29, 1.82) is 5.41 Å². The lowest BCUT2D eigenvalue weighted by Gasteiger charge is -2.20. The van der Waals surface area contributed by atoms with E-state index in [2.05, 4.69) is 15.9 Å². The van der Waals surface area contributed by atoms with Gasteiger partial charge in [-0.3, -0.25) is 5.41 Å². The number of amidine groups is 1. The van der Waals surface area contributed by atoms with Gasteiger partial charge in [0.15, 0.2) is 0 Å². The molecule has 3 rings (SSSR count). The Morgan fingerprint density at radius 1 is 1.10 bits per heavy atom. The molecule has 1 aliphatic heterocycles. The highest BCUT2D eigenvalue weighted by molar-refractivity contribution is 9.10. The molecule has 1 heterocycles. The lowest BCUT2D eigenvalue weighted by molar-refractivity contribution is -0.138. The number of halogens is 4. The van der Waals surface area contributed by atoms with E-state index in [0.717, 1.165) is 17.2 Å². The Hall–Kier alpha value is -1.82. The van der Waals surface area contributed by atoms with E-state index in [4.69, 9.17) is 5.41 Å². The largest absolute Gasteiger partial charge is 0.417 e. The van der Waals surface area contributed by atoms with Crippen molar-refractivity contribution in [2.24, 2.45) is 0 Å². The van der Waals surface area contributed by atoms with Gasteiger partial charge in [0, 0.05) is 15.7 Å². The maximum Gasteiger partial charge on any atom is 0.417 e. The average molecular weight is 355 g/mol. The van der Waals surface area contributed by atoms with Crippen molar-refractivity contribution in [2.75, 3.05) is 4.90 Å². The quantitative estimate of drug-likeness (QED) is 0.781. The van der Waals surface area contributed by atoms with E-state index in [1.165, 1.54) is 6.07 Å². The van der Waals surface area contributed by atoms with Gasteiger partial charge in [0.25, 0.3) is 0 Å². The molecule has 2 aromatic carbocycles. The van der Waals surface area contributed by atoms with Gasteiger partial charge in [-0.05, 0) is 23.8 Å². The molecular formula is C15H10BrF3N2. The number of hydrogen-bond donors (Lipinski definition) is 1. The lowest BCUT2D eigenvalue weighted by Crippen LogP contribution is -2.23.